The van der Waals surface area contributed by atoms with Gasteiger partial charge in [0.25, 0.3) is 0 Å². The van der Waals surface area contributed by atoms with Crippen LogP contribution in [0, 0.1) is 0 Å². The van der Waals surface area contributed by atoms with Crippen molar-refractivity contribution in [3.63, 3.8) is 0 Å². The molecule has 0 saturated heterocycles. The first-order valence-corrected chi connectivity index (χ1v) is 5.11. The highest BCUT2D eigenvalue weighted by atomic mass is 79.9. The third-order valence-electron chi connectivity index (χ3n) is 1.84. The van der Waals surface area contributed by atoms with E-state index in [0.717, 1.165) is 16.3 Å². The van der Waals surface area contributed by atoms with E-state index in [4.69, 9.17) is 4.52 Å². The highest BCUT2D eigenvalue weighted by molar-refractivity contribution is 9.10. The molecule has 0 spiro atoms. The van der Waals surface area contributed by atoms with Crippen molar-refractivity contribution in [3.8, 4) is 11.4 Å². The fourth-order valence-electron chi connectivity index (χ4n) is 1.16. The third-order valence-corrected chi connectivity index (χ3v) is 2.53. The maximum absolute atomic E-state index is 10.2. The number of hydrogen-bond donors (Lipinski definition) is 0. The topological polar surface area (TPSA) is 56.0 Å². The second-order valence-corrected chi connectivity index (χ2v) is 3.72. The van der Waals surface area contributed by atoms with Crippen LogP contribution in [0.2, 0.25) is 0 Å². The van der Waals surface area contributed by atoms with Crippen molar-refractivity contribution in [1.29, 1.82) is 0 Å². The van der Waals surface area contributed by atoms with E-state index >= 15 is 0 Å². The van der Waals surface area contributed by atoms with Crippen molar-refractivity contribution in [2.45, 2.75) is 6.42 Å². The molecule has 1 aromatic carbocycles. The third kappa shape index (κ3) is 2.12. The van der Waals surface area contributed by atoms with Crippen LogP contribution in [-0.4, -0.2) is 16.4 Å². The van der Waals surface area contributed by atoms with Crippen LogP contribution in [-0.2, 0) is 11.2 Å². The van der Waals surface area contributed by atoms with Gasteiger partial charge in [-0.1, -0.05) is 33.2 Å². The van der Waals surface area contributed by atoms with E-state index < -0.39 is 0 Å². The minimum Gasteiger partial charge on any atom is -0.339 e. The molecule has 0 aliphatic carbocycles. The molecule has 15 heavy (non-hydrogen) atoms. The van der Waals surface area contributed by atoms with Crippen LogP contribution in [0.5, 0.6) is 0 Å². The van der Waals surface area contributed by atoms with Gasteiger partial charge in [0, 0.05) is 10.0 Å². The van der Waals surface area contributed by atoms with E-state index in [1.807, 2.05) is 24.3 Å². The molecule has 0 bridgehead atoms. The summed E-state index contributed by atoms with van der Waals surface area (Å²) in [4.78, 5) is 14.3. The average Bonchev–Trinajstić information content (AvgIpc) is 2.68. The molecule has 0 fully saturated rings. The van der Waals surface area contributed by atoms with Crippen LogP contribution >= 0.6 is 15.9 Å². The van der Waals surface area contributed by atoms with Gasteiger partial charge in [-0.05, 0) is 12.1 Å². The second-order valence-electron chi connectivity index (χ2n) is 2.86. The number of nitrogens with zero attached hydrogens (tertiary/aromatic N) is 2. The number of halogens is 1. The Kier molecular flexibility index (Phi) is 2.91. The predicted molar refractivity (Wildman–Crippen MR) is 57.2 cm³/mol. The van der Waals surface area contributed by atoms with E-state index in [0.29, 0.717) is 11.7 Å². The lowest BCUT2D eigenvalue weighted by Gasteiger charge is -1.96. The fraction of sp³-hybridized carbons (Fsp3) is 0.100. The lowest BCUT2D eigenvalue weighted by molar-refractivity contribution is -0.107. The van der Waals surface area contributed by atoms with Crippen LogP contribution in [0.15, 0.2) is 33.3 Å². The van der Waals surface area contributed by atoms with Gasteiger partial charge in [0.05, 0.1) is 6.42 Å². The maximum Gasteiger partial charge on any atom is 0.234 e. The van der Waals surface area contributed by atoms with Gasteiger partial charge in [-0.2, -0.15) is 4.98 Å². The largest absolute Gasteiger partial charge is 0.339 e. The van der Waals surface area contributed by atoms with Gasteiger partial charge in [-0.3, -0.25) is 0 Å². The van der Waals surface area contributed by atoms with Crippen LogP contribution in [0.1, 0.15) is 5.89 Å². The highest BCUT2D eigenvalue weighted by Gasteiger charge is 2.10. The molecule has 5 heteroatoms. The normalized spacial score (nSPS) is 10.2. The smallest absolute Gasteiger partial charge is 0.234 e. The van der Waals surface area contributed by atoms with E-state index in [9.17, 15) is 4.79 Å². The Labute approximate surface area is 94.4 Å². The van der Waals surface area contributed by atoms with Gasteiger partial charge in [0.2, 0.25) is 11.7 Å². The van der Waals surface area contributed by atoms with E-state index in [2.05, 4.69) is 26.1 Å². The maximum atomic E-state index is 10.2. The standard InChI is InChI=1S/C10H7BrN2O2/c11-8-4-2-1-3-7(8)10-12-9(5-6-14)15-13-10/h1-4,6H,5H2. The monoisotopic (exact) mass is 266 g/mol. The molecule has 0 radical (unpaired) electrons. The van der Waals surface area contributed by atoms with Gasteiger partial charge in [0.1, 0.15) is 6.29 Å². The summed E-state index contributed by atoms with van der Waals surface area (Å²) in [5, 5.41) is 3.79. The van der Waals surface area contributed by atoms with Crippen LogP contribution in [0.25, 0.3) is 11.4 Å². The number of carbonyl (C=O) groups is 1. The molecule has 2 aromatic rings. The summed E-state index contributed by atoms with van der Waals surface area (Å²) < 4.78 is 5.79. The zero-order valence-corrected chi connectivity index (χ0v) is 9.27. The van der Waals surface area contributed by atoms with Gasteiger partial charge in [-0.25, -0.2) is 0 Å². The lowest BCUT2D eigenvalue weighted by Crippen LogP contribution is -1.86. The summed E-state index contributed by atoms with van der Waals surface area (Å²) in [5.74, 6) is 0.815. The number of carbonyl (C=O) groups excluding carboxylic acids is 1. The molecule has 0 aliphatic heterocycles. The SMILES string of the molecule is O=CCc1nc(-c2ccccc2Br)no1. The Morgan fingerprint density at radius 2 is 2.20 bits per heavy atom. The van der Waals surface area contributed by atoms with Crippen molar-refractivity contribution in [2.24, 2.45) is 0 Å². The summed E-state index contributed by atoms with van der Waals surface area (Å²) in [6, 6.07) is 7.56. The van der Waals surface area contributed by atoms with Crippen molar-refractivity contribution >= 4 is 22.2 Å². The quantitative estimate of drug-likeness (QED) is 0.800. The number of benzene rings is 1. The molecule has 0 unspecified atom stereocenters. The van der Waals surface area contributed by atoms with Gasteiger partial charge >= 0.3 is 0 Å². The molecule has 0 atom stereocenters. The Morgan fingerprint density at radius 1 is 1.40 bits per heavy atom. The molecular formula is C10H7BrN2O2. The van der Waals surface area contributed by atoms with Crippen molar-refractivity contribution in [2.75, 3.05) is 0 Å². The zero-order chi connectivity index (χ0) is 10.7. The van der Waals surface area contributed by atoms with E-state index in [1.165, 1.54) is 0 Å². The molecule has 1 aromatic heterocycles. The van der Waals surface area contributed by atoms with Gasteiger partial charge < -0.3 is 9.32 Å². The highest BCUT2D eigenvalue weighted by Crippen LogP contribution is 2.25. The van der Waals surface area contributed by atoms with Gasteiger partial charge in [-0.15, -0.1) is 0 Å². The Bertz CT molecular complexity index is 482. The van der Waals surface area contributed by atoms with E-state index in [1.54, 1.807) is 0 Å². The van der Waals surface area contributed by atoms with Crippen LogP contribution in [0.4, 0.5) is 0 Å². The first-order chi connectivity index (χ1) is 7.31. The fourth-order valence-corrected chi connectivity index (χ4v) is 1.62. The van der Waals surface area contributed by atoms with Gasteiger partial charge in [0.15, 0.2) is 0 Å². The molecule has 0 amide bonds. The summed E-state index contributed by atoms with van der Waals surface area (Å²) in [7, 11) is 0. The molecule has 1 heterocycles. The second kappa shape index (κ2) is 4.35. The first kappa shape index (κ1) is 10.0. The Morgan fingerprint density at radius 3 is 2.93 bits per heavy atom. The summed E-state index contributed by atoms with van der Waals surface area (Å²) in [6.45, 7) is 0. The molecule has 0 N–H and O–H groups in total. The molecule has 0 saturated carbocycles. The van der Waals surface area contributed by atoms with Crippen molar-refractivity contribution < 1.29 is 9.32 Å². The number of aldehydes is 1. The first-order valence-electron chi connectivity index (χ1n) is 4.32. The minimum absolute atomic E-state index is 0.150. The molecule has 76 valence electrons. The summed E-state index contributed by atoms with van der Waals surface area (Å²) in [5.41, 5.74) is 0.846. The molecule has 4 nitrogen and oxygen atoms in total. The minimum atomic E-state index is 0.150. The van der Waals surface area contributed by atoms with Crippen LogP contribution < -0.4 is 0 Å². The van der Waals surface area contributed by atoms with Crippen molar-refractivity contribution in [3.05, 3.63) is 34.6 Å². The average molecular weight is 267 g/mol. The lowest BCUT2D eigenvalue weighted by atomic mass is 10.2. The Balaban J connectivity index is 2.37. The van der Waals surface area contributed by atoms with Crippen molar-refractivity contribution in [1.82, 2.24) is 10.1 Å². The number of aromatic nitrogens is 2. The van der Waals surface area contributed by atoms with Crippen LogP contribution in [0.3, 0.4) is 0 Å². The zero-order valence-electron chi connectivity index (χ0n) is 7.68. The number of hydrogen-bond acceptors (Lipinski definition) is 4. The molecule has 2 rings (SSSR count). The summed E-state index contributed by atoms with van der Waals surface area (Å²) in [6.07, 6.45) is 0.884. The molecule has 0 aliphatic rings. The number of rotatable bonds is 3. The Hall–Kier alpha value is -1.49. The van der Waals surface area contributed by atoms with E-state index in [-0.39, 0.29) is 6.42 Å². The molecular weight excluding hydrogens is 260 g/mol. The predicted octanol–water partition coefficient (Wildman–Crippen LogP) is 2.24. The summed E-state index contributed by atoms with van der Waals surface area (Å²) >= 11 is 3.39.